The number of rotatable bonds is 3. The van der Waals surface area contributed by atoms with E-state index >= 15 is 0 Å². The minimum absolute atomic E-state index is 0.0118. The summed E-state index contributed by atoms with van der Waals surface area (Å²) in [5.74, 6) is 5.07. The molecule has 0 aliphatic carbocycles. The van der Waals surface area contributed by atoms with Crippen LogP contribution in [0, 0.1) is 6.92 Å². The molecular weight excluding hydrogens is 565 g/mol. The third-order valence-electron chi connectivity index (χ3n) is 9.44. The van der Waals surface area contributed by atoms with Crippen LogP contribution >= 0.6 is 0 Å². The van der Waals surface area contributed by atoms with Gasteiger partial charge in [-0.3, -0.25) is 0 Å². The molecule has 4 nitrogen and oxygen atoms in total. The molecule has 0 bridgehead atoms. The van der Waals surface area contributed by atoms with E-state index in [1.54, 1.807) is 0 Å². The topological polar surface area (TPSA) is 30.9 Å². The van der Waals surface area contributed by atoms with Crippen molar-refractivity contribution in [3.8, 4) is 45.6 Å². The molecule has 3 aliphatic heterocycles. The number of nitrogens with zero attached hydrogens (tertiary/aromatic N) is 1. The third-order valence-corrected chi connectivity index (χ3v) is 9.44. The van der Waals surface area contributed by atoms with Gasteiger partial charge in [0, 0.05) is 33.2 Å². The maximum Gasteiger partial charge on any atom is 0.260 e. The molecule has 5 heteroatoms. The molecule has 0 amide bonds. The molecule has 0 saturated heterocycles. The summed E-state index contributed by atoms with van der Waals surface area (Å²) in [4.78, 5) is 2.32. The number of fused-ring (bicyclic) bond motifs is 6. The van der Waals surface area contributed by atoms with E-state index in [1.807, 2.05) is 30.3 Å². The van der Waals surface area contributed by atoms with Gasteiger partial charge in [-0.1, -0.05) is 78.4 Å². The van der Waals surface area contributed by atoms with Gasteiger partial charge in [0.1, 0.15) is 34.5 Å². The zero-order valence-electron chi connectivity index (χ0n) is 25.0. The van der Waals surface area contributed by atoms with Crippen molar-refractivity contribution in [2.24, 2.45) is 0 Å². The standard InChI is InChI=1S/C41H26BNO3/c1-25-17-19-27(20-18-25)43(26-9-3-2-4-10-26)33-22-21-28-30-23-39-32(24-38(30)45-35-14-7-11-29(33)40(28)35)42-31-12-5-6-13-34(31)44-36-15-8-16-37(46-39)41(36)42/h2-24H,1H3. The molecule has 0 radical (unpaired) electrons. The summed E-state index contributed by atoms with van der Waals surface area (Å²) in [7, 11) is 0. The minimum atomic E-state index is -0.0118. The zero-order valence-corrected chi connectivity index (χ0v) is 25.0. The van der Waals surface area contributed by atoms with Gasteiger partial charge in [-0.15, -0.1) is 0 Å². The summed E-state index contributed by atoms with van der Waals surface area (Å²) in [6.45, 7) is 2.11. The highest BCUT2D eigenvalue weighted by molar-refractivity contribution is 6.98. The molecule has 216 valence electrons. The molecule has 46 heavy (non-hydrogen) atoms. The second kappa shape index (κ2) is 9.53. The molecule has 0 fully saturated rings. The average Bonchev–Trinajstić information content (AvgIpc) is 3.10. The molecule has 7 aromatic carbocycles. The van der Waals surface area contributed by atoms with Crippen LogP contribution in [0.15, 0.2) is 140 Å². The van der Waals surface area contributed by atoms with Gasteiger partial charge in [0.25, 0.3) is 6.71 Å². The molecular formula is C41H26BNO3. The van der Waals surface area contributed by atoms with E-state index in [9.17, 15) is 0 Å². The molecule has 0 atom stereocenters. The Kier molecular flexibility index (Phi) is 5.26. The first-order valence-electron chi connectivity index (χ1n) is 15.6. The van der Waals surface area contributed by atoms with Crippen LogP contribution < -0.4 is 35.5 Å². The first kappa shape index (κ1) is 25.4. The van der Waals surface area contributed by atoms with Gasteiger partial charge in [0.2, 0.25) is 0 Å². The van der Waals surface area contributed by atoms with Gasteiger partial charge in [-0.25, -0.2) is 0 Å². The lowest BCUT2D eigenvalue weighted by Crippen LogP contribution is -2.57. The number of anilines is 3. The summed E-state index contributed by atoms with van der Waals surface area (Å²) in [5.41, 5.74) is 9.95. The number of ether oxygens (including phenoxy) is 3. The predicted molar refractivity (Wildman–Crippen MR) is 187 cm³/mol. The molecule has 0 saturated carbocycles. The smallest absolute Gasteiger partial charge is 0.260 e. The van der Waals surface area contributed by atoms with Gasteiger partial charge >= 0.3 is 0 Å². The average molecular weight is 591 g/mol. The second-order valence-corrected chi connectivity index (χ2v) is 12.1. The normalized spacial score (nSPS) is 12.9. The van der Waals surface area contributed by atoms with Crippen molar-refractivity contribution >= 4 is 50.9 Å². The quantitative estimate of drug-likeness (QED) is 0.192. The van der Waals surface area contributed by atoms with Crippen LogP contribution in [-0.2, 0) is 0 Å². The van der Waals surface area contributed by atoms with Crippen LogP contribution in [0.25, 0.3) is 21.9 Å². The predicted octanol–water partition coefficient (Wildman–Crippen LogP) is 9.12. The highest BCUT2D eigenvalue weighted by Crippen LogP contribution is 2.51. The Hall–Kier alpha value is -5.94. The fourth-order valence-electron chi connectivity index (χ4n) is 7.38. The number of benzene rings is 7. The minimum Gasteiger partial charge on any atom is -0.458 e. The van der Waals surface area contributed by atoms with Crippen molar-refractivity contribution in [3.63, 3.8) is 0 Å². The van der Waals surface area contributed by atoms with Crippen LogP contribution in [0.5, 0.6) is 34.5 Å². The Bertz CT molecular complexity index is 2370. The fourth-order valence-corrected chi connectivity index (χ4v) is 7.38. The zero-order chi connectivity index (χ0) is 30.4. The van der Waals surface area contributed by atoms with Crippen molar-refractivity contribution in [2.45, 2.75) is 6.92 Å². The van der Waals surface area contributed by atoms with Crippen molar-refractivity contribution in [3.05, 3.63) is 145 Å². The summed E-state index contributed by atoms with van der Waals surface area (Å²) < 4.78 is 19.7. The highest BCUT2D eigenvalue weighted by atomic mass is 16.5. The lowest BCUT2D eigenvalue weighted by molar-refractivity contribution is 0.461. The van der Waals surface area contributed by atoms with Crippen molar-refractivity contribution < 1.29 is 14.2 Å². The maximum absolute atomic E-state index is 6.79. The molecule has 3 heterocycles. The highest BCUT2D eigenvalue weighted by Gasteiger charge is 2.41. The summed E-state index contributed by atoms with van der Waals surface area (Å²) >= 11 is 0. The molecule has 0 aromatic heterocycles. The van der Waals surface area contributed by atoms with Crippen LogP contribution in [0.2, 0.25) is 0 Å². The molecule has 0 N–H and O–H groups in total. The molecule has 7 aromatic rings. The molecule has 0 spiro atoms. The second-order valence-electron chi connectivity index (χ2n) is 12.1. The van der Waals surface area contributed by atoms with E-state index in [0.29, 0.717) is 0 Å². The van der Waals surface area contributed by atoms with Crippen LogP contribution in [-0.4, -0.2) is 6.71 Å². The van der Waals surface area contributed by atoms with Crippen LogP contribution in [0.1, 0.15) is 5.56 Å². The summed E-state index contributed by atoms with van der Waals surface area (Å²) in [5, 5.41) is 2.22. The Labute approximate surface area is 267 Å². The summed E-state index contributed by atoms with van der Waals surface area (Å²) in [6.07, 6.45) is 0. The lowest BCUT2D eigenvalue weighted by atomic mass is 9.35. The lowest BCUT2D eigenvalue weighted by Gasteiger charge is -2.34. The first-order valence-corrected chi connectivity index (χ1v) is 15.6. The molecule has 3 aliphatic rings. The van der Waals surface area contributed by atoms with E-state index in [0.717, 1.165) is 89.8 Å². The Morgan fingerprint density at radius 2 is 1.15 bits per heavy atom. The van der Waals surface area contributed by atoms with E-state index in [2.05, 4.69) is 121 Å². The number of para-hydroxylation sites is 2. The molecule has 0 unspecified atom stereocenters. The monoisotopic (exact) mass is 591 g/mol. The van der Waals surface area contributed by atoms with Crippen molar-refractivity contribution in [2.75, 3.05) is 4.90 Å². The number of hydrogen-bond donors (Lipinski definition) is 0. The van der Waals surface area contributed by atoms with Crippen LogP contribution in [0.4, 0.5) is 17.1 Å². The summed E-state index contributed by atoms with van der Waals surface area (Å²) in [6, 6.07) is 48.7. The molecule has 10 rings (SSSR count). The van der Waals surface area contributed by atoms with Crippen molar-refractivity contribution in [1.29, 1.82) is 0 Å². The SMILES string of the molecule is Cc1ccc(N(c2ccccc2)c2ccc3c4c(cccc24)Oc2cc4c(cc2-3)Oc2cccc3c2B4c2ccccc2O3)cc1. The van der Waals surface area contributed by atoms with E-state index < -0.39 is 0 Å². The van der Waals surface area contributed by atoms with Crippen molar-refractivity contribution in [1.82, 2.24) is 0 Å². The Balaban J connectivity index is 1.17. The first-order chi connectivity index (χ1) is 22.7. The van der Waals surface area contributed by atoms with Gasteiger partial charge in [0.15, 0.2) is 0 Å². The maximum atomic E-state index is 6.79. The van der Waals surface area contributed by atoms with Gasteiger partial charge in [-0.2, -0.15) is 0 Å². The van der Waals surface area contributed by atoms with Gasteiger partial charge in [0.05, 0.1) is 5.69 Å². The number of hydrogen-bond acceptors (Lipinski definition) is 4. The van der Waals surface area contributed by atoms with E-state index in [4.69, 9.17) is 14.2 Å². The fraction of sp³-hybridized carbons (Fsp3) is 0.0244. The van der Waals surface area contributed by atoms with Gasteiger partial charge in [-0.05, 0) is 90.1 Å². The van der Waals surface area contributed by atoms with Gasteiger partial charge < -0.3 is 19.1 Å². The van der Waals surface area contributed by atoms with E-state index in [1.165, 1.54) is 5.56 Å². The Morgan fingerprint density at radius 3 is 2.00 bits per heavy atom. The Morgan fingerprint density at radius 1 is 0.478 bits per heavy atom. The largest absolute Gasteiger partial charge is 0.458 e. The number of aryl methyl sites for hydroxylation is 1. The van der Waals surface area contributed by atoms with E-state index in [-0.39, 0.29) is 6.71 Å². The van der Waals surface area contributed by atoms with Crippen LogP contribution in [0.3, 0.4) is 0 Å². The third kappa shape index (κ3) is 3.63.